The highest BCUT2D eigenvalue weighted by atomic mass is 32.2. The third kappa shape index (κ3) is 2.23. The van der Waals surface area contributed by atoms with E-state index < -0.39 is 11.0 Å². The molecule has 4 fully saturated rings. The zero-order valence-electron chi connectivity index (χ0n) is 12.4. The third-order valence-corrected chi connectivity index (χ3v) is 7.54. The second-order valence-electron chi connectivity index (χ2n) is 7.38. The molecule has 1 N–H and O–H groups in total. The molecule has 0 radical (unpaired) electrons. The van der Waals surface area contributed by atoms with Crippen molar-refractivity contribution < 1.29 is 8.60 Å². The van der Waals surface area contributed by atoms with Crippen LogP contribution in [-0.4, -0.2) is 8.96 Å². The van der Waals surface area contributed by atoms with Gasteiger partial charge in [-0.05, 0) is 75.3 Å². The predicted octanol–water partition coefficient (Wildman–Crippen LogP) is 4.18. The van der Waals surface area contributed by atoms with Gasteiger partial charge in [-0.15, -0.1) is 0 Å². The maximum Gasteiger partial charge on any atom is 0.128 e. The molecule has 1 aromatic carbocycles. The Hall–Kier alpha value is -0.900. The highest BCUT2D eigenvalue weighted by Crippen LogP contribution is 2.57. The summed E-state index contributed by atoms with van der Waals surface area (Å²) in [5.41, 5.74) is 1.25. The van der Waals surface area contributed by atoms with Gasteiger partial charge < -0.3 is 4.72 Å². The molecular weight excluding hydrogens is 285 g/mol. The van der Waals surface area contributed by atoms with Crippen molar-refractivity contribution in [1.82, 2.24) is 0 Å². The summed E-state index contributed by atoms with van der Waals surface area (Å²) in [6.07, 6.45) is 7.30. The van der Waals surface area contributed by atoms with E-state index in [0.29, 0.717) is 11.3 Å². The smallest absolute Gasteiger partial charge is 0.128 e. The van der Waals surface area contributed by atoms with Gasteiger partial charge in [0.15, 0.2) is 0 Å². The van der Waals surface area contributed by atoms with Crippen molar-refractivity contribution >= 4 is 16.7 Å². The van der Waals surface area contributed by atoms with E-state index in [1.165, 1.54) is 25.3 Å². The van der Waals surface area contributed by atoms with Crippen molar-refractivity contribution in [3.05, 3.63) is 29.6 Å². The van der Waals surface area contributed by atoms with E-state index in [1.807, 2.05) is 6.07 Å². The third-order valence-electron chi connectivity index (χ3n) is 5.85. The lowest BCUT2D eigenvalue weighted by Gasteiger charge is -2.55. The lowest BCUT2D eigenvalue weighted by molar-refractivity contribution is 0.0363. The van der Waals surface area contributed by atoms with Crippen LogP contribution in [0.4, 0.5) is 10.1 Å². The lowest BCUT2D eigenvalue weighted by Crippen LogP contribution is -2.54. The quantitative estimate of drug-likeness (QED) is 0.892. The zero-order chi connectivity index (χ0) is 14.6. The number of benzene rings is 1. The van der Waals surface area contributed by atoms with Gasteiger partial charge in [-0.25, -0.2) is 8.60 Å². The molecule has 4 heteroatoms. The number of anilines is 1. The molecular formula is C17H22FNOS. The van der Waals surface area contributed by atoms with Crippen LogP contribution in [-0.2, 0) is 11.0 Å². The number of rotatable bonds is 3. The second-order valence-corrected chi connectivity index (χ2v) is 8.99. The predicted molar refractivity (Wildman–Crippen MR) is 83.8 cm³/mol. The Bertz CT molecular complexity index is 565. The molecule has 21 heavy (non-hydrogen) atoms. The van der Waals surface area contributed by atoms with Crippen LogP contribution in [0, 0.1) is 30.5 Å². The molecule has 0 aromatic heterocycles. The van der Waals surface area contributed by atoms with E-state index in [4.69, 9.17) is 0 Å². The van der Waals surface area contributed by atoms with Crippen LogP contribution < -0.4 is 4.72 Å². The molecule has 0 heterocycles. The van der Waals surface area contributed by atoms with E-state index in [0.717, 1.165) is 37.0 Å². The van der Waals surface area contributed by atoms with Gasteiger partial charge in [-0.1, -0.05) is 6.07 Å². The van der Waals surface area contributed by atoms with Crippen LogP contribution in [0.25, 0.3) is 0 Å². The molecule has 0 saturated heterocycles. The van der Waals surface area contributed by atoms with E-state index >= 15 is 0 Å². The fourth-order valence-electron chi connectivity index (χ4n) is 5.18. The molecule has 1 atom stereocenters. The van der Waals surface area contributed by atoms with Crippen LogP contribution in [0.15, 0.2) is 18.2 Å². The summed E-state index contributed by atoms with van der Waals surface area (Å²) in [7, 11) is -1.11. The van der Waals surface area contributed by atoms with Crippen molar-refractivity contribution in [3.8, 4) is 0 Å². The molecule has 114 valence electrons. The Kier molecular flexibility index (Phi) is 3.14. The Morgan fingerprint density at radius 1 is 1.14 bits per heavy atom. The van der Waals surface area contributed by atoms with Crippen molar-refractivity contribution in [2.45, 2.75) is 50.2 Å². The second kappa shape index (κ2) is 4.80. The van der Waals surface area contributed by atoms with Gasteiger partial charge in [0.2, 0.25) is 0 Å². The molecule has 0 aliphatic heterocycles. The number of hydrogen-bond donors (Lipinski definition) is 1. The van der Waals surface area contributed by atoms with Crippen molar-refractivity contribution in [1.29, 1.82) is 0 Å². The Morgan fingerprint density at radius 3 is 2.29 bits per heavy atom. The molecule has 0 spiro atoms. The van der Waals surface area contributed by atoms with Gasteiger partial charge in [0.25, 0.3) is 0 Å². The average Bonchev–Trinajstić information content (AvgIpc) is 2.42. The number of halogens is 1. The molecule has 2 nitrogen and oxygen atoms in total. The van der Waals surface area contributed by atoms with Crippen LogP contribution in [0.2, 0.25) is 0 Å². The van der Waals surface area contributed by atoms with Crippen molar-refractivity contribution in [3.63, 3.8) is 0 Å². The molecule has 5 rings (SSSR count). The first-order chi connectivity index (χ1) is 10.1. The van der Waals surface area contributed by atoms with Gasteiger partial charge in [-0.3, -0.25) is 0 Å². The van der Waals surface area contributed by atoms with Crippen LogP contribution in [0.1, 0.15) is 44.1 Å². The topological polar surface area (TPSA) is 29.1 Å². The summed E-state index contributed by atoms with van der Waals surface area (Å²) < 4.78 is 29.7. The minimum Gasteiger partial charge on any atom is -0.304 e. The molecule has 4 bridgehead atoms. The summed E-state index contributed by atoms with van der Waals surface area (Å²) in [4.78, 5) is 0. The maximum absolute atomic E-state index is 13.7. The first kappa shape index (κ1) is 13.7. The number of nitrogens with one attached hydrogen (secondary N) is 1. The van der Waals surface area contributed by atoms with Crippen molar-refractivity contribution in [2.24, 2.45) is 17.8 Å². The van der Waals surface area contributed by atoms with Crippen molar-refractivity contribution in [2.75, 3.05) is 4.72 Å². The van der Waals surface area contributed by atoms with Gasteiger partial charge in [0.05, 0.1) is 10.4 Å². The summed E-state index contributed by atoms with van der Waals surface area (Å²) in [5, 5.41) is 0. The fraction of sp³-hybridized carbons (Fsp3) is 0.647. The summed E-state index contributed by atoms with van der Waals surface area (Å²) in [6.45, 7) is 1.74. The minimum atomic E-state index is -1.11. The molecule has 4 aliphatic rings. The molecule has 4 aliphatic carbocycles. The van der Waals surface area contributed by atoms with Crippen LogP contribution >= 0.6 is 0 Å². The van der Waals surface area contributed by atoms with E-state index in [9.17, 15) is 8.60 Å². The minimum absolute atomic E-state index is 0.0620. The summed E-state index contributed by atoms with van der Waals surface area (Å²) in [6, 6.07) is 4.96. The van der Waals surface area contributed by atoms with E-state index in [2.05, 4.69) is 4.72 Å². The van der Waals surface area contributed by atoms with Gasteiger partial charge in [0.1, 0.15) is 16.8 Å². The van der Waals surface area contributed by atoms with Crippen LogP contribution in [0.3, 0.4) is 0 Å². The molecule has 1 unspecified atom stereocenters. The SMILES string of the molecule is Cc1c(F)cccc1NS(=O)C12CC3CC(CC(C3)C1)C2. The first-order valence-corrected chi connectivity index (χ1v) is 9.14. The maximum atomic E-state index is 13.7. The zero-order valence-corrected chi connectivity index (χ0v) is 13.2. The van der Waals surface area contributed by atoms with Gasteiger partial charge in [-0.2, -0.15) is 0 Å². The average molecular weight is 307 g/mol. The van der Waals surface area contributed by atoms with E-state index in [1.54, 1.807) is 13.0 Å². The highest BCUT2D eigenvalue weighted by molar-refractivity contribution is 7.87. The van der Waals surface area contributed by atoms with Crippen LogP contribution in [0.5, 0.6) is 0 Å². The van der Waals surface area contributed by atoms with Gasteiger partial charge in [0, 0.05) is 5.56 Å². The lowest BCUT2D eigenvalue weighted by atomic mass is 9.56. The first-order valence-electron chi connectivity index (χ1n) is 7.99. The molecule has 4 saturated carbocycles. The summed E-state index contributed by atoms with van der Waals surface area (Å²) >= 11 is 0. The molecule has 1 aromatic rings. The molecule has 0 amide bonds. The summed E-state index contributed by atoms with van der Waals surface area (Å²) in [5.74, 6) is 2.09. The largest absolute Gasteiger partial charge is 0.304 e. The fourth-order valence-corrected chi connectivity index (χ4v) is 6.98. The Balaban J connectivity index is 1.59. The highest BCUT2D eigenvalue weighted by Gasteiger charge is 2.54. The number of hydrogen-bond acceptors (Lipinski definition) is 1. The van der Waals surface area contributed by atoms with E-state index in [-0.39, 0.29) is 10.6 Å². The Labute approximate surface area is 128 Å². The normalized spacial score (nSPS) is 38.5. The monoisotopic (exact) mass is 307 g/mol. The standard InChI is InChI=1S/C17H22FNOS/c1-11-15(18)3-2-4-16(11)19-21(20)17-8-12-5-13(9-17)7-14(6-12)10-17/h2-4,12-14,19H,5-10H2,1H3. The van der Waals surface area contributed by atoms with Gasteiger partial charge >= 0.3 is 0 Å². The Morgan fingerprint density at radius 2 is 1.71 bits per heavy atom.